The predicted octanol–water partition coefficient (Wildman–Crippen LogP) is 3.72. The normalized spacial score (nSPS) is 15.7. The number of amides is 2. The Morgan fingerprint density at radius 2 is 1.91 bits per heavy atom. The van der Waals surface area contributed by atoms with E-state index in [2.05, 4.69) is 4.98 Å². The SMILES string of the molecule is COc1ncccc1C(=O)N([C@@H]1CCc2c(F)cc(F)cc21)[C@@H](C(N)=O)c1ccccc1. The molecule has 6 nitrogen and oxygen atoms in total. The standard InChI is InChI=1S/C24H21F2N3O3/c1-32-23-17(8-5-11-28-23)24(31)29(21(22(27)30)14-6-3-2-4-7-14)20-10-9-16-18(20)12-15(25)13-19(16)26/h2-8,11-13,20-21H,9-10H2,1H3,(H2,27,30)/t20-,21-/m1/s1. The van der Waals surface area contributed by atoms with Crippen molar-refractivity contribution in [1.29, 1.82) is 0 Å². The number of benzene rings is 2. The summed E-state index contributed by atoms with van der Waals surface area (Å²) in [6.45, 7) is 0. The highest BCUT2D eigenvalue weighted by Gasteiger charge is 2.41. The molecule has 2 N–H and O–H groups in total. The topological polar surface area (TPSA) is 85.5 Å². The number of fused-ring (bicyclic) bond motifs is 1. The molecule has 3 aromatic rings. The van der Waals surface area contributed by atoms with Crippen LogP contribution in [-0.4, -0.2) is 28.8 Å². The summed E-state index contributed by atoms with van der Waals surface area (Å²) in [5.74, 6) is -2.70. The maximum Gasteiger partial charge on any atom is 0.260 e. The van der Waals surface area contributed by atoms with E-state index >= 15 is 0 Å². The van der Waals surface area contributed by atoms with Crippen LogP contribution < -0.4 is 10.5 Å². The first kappa shape index (κ1) is 21.4. The van der Waals surface area contributed by atoms with E-state index in [1.807, 2.05) is 0 Å². The minimum absolute atomic E-state index is 0.0717. The van der Waals surface area contributed by atoms with Crippen molar-refractivity contribution in [2.24, 2.45) is 5.73 Å². The zero-order valence-electron chi connectivity index (χ0n) is 17.3. The molecule has 4 rings (SSSR count). The van der Waals surface area contributed by atoms with Gasteiger partial charge in [0.15, 0.2) is 0 Å². The van der Waals surface area contributed by atoms with E-state index in [0.29, 0.717) is 29.5 Å². The summed E-state index contributed by atoms with van der Waals surface area (Å²) in [5, 5.41) is 0. The molecule has 2 amide bonds. The van der Waals surface area contributed by atoms with Gasteiger partial charge in [0.25, 0.3) is 5.91 Å². The number of hydrogen-bond donors (Lipinski definition) is 1. The van der Waals surface area contributed by atoms with Gasteiger partial charge in [-0.1, -0.05) is 30.3 Å². The second-order valence-corrected chi connectivity index (χ2v) is 7.50. The molecule has 8 heteroatoms. The minimum Gasteiger partial charge on any atom is -0.480 e. The lowest BCUT2D eigenvalue weighted by Gasteiger charge is -2.36. The van der Waals surface area contributed by atoms with E-state index in [-0.39, 0.29) is 11.4 Å². The molecule has 1 heterocycles. The van der Waals surface area contributed by atoms with Crippen LogP contribution in [0.3, 0.4) is 0 Å². The van der Waals surface area contributed by atoms with Gasteiger partial charge in [-0.3, -0.25) is 9.59 Å². The number of halogens is 2. The lowest BCUT2D eigenvalue weighted by atomic mass is 9.98. The van der Waals surface area contributed by atoms with Gasteiger partial charge in [0.1, 0.15) is 23.2 Å². The van der Waals surface area contributed by atoms with Crippen LogP contribution in [0, 0.1) is 11.6 Å². The van der Waals surface area contributed by atoms with E-state index in [1.54, 1.807) is 36.4 Å². The molecule has 0 saturated carbocycles. The van der Waals surface area contributed by atoms with Gasteiger partial charge in [0.05, 0.1) is 13.2 Å². The molecule has 164 valence electrons. The summed E-state index contributed by atoms with van der Waals surface area (Å²) >= 11 is 0. The fourth-order valence-corrected chi connectivity index (χ4v) is 4.30. The Morgan fingerprint density at radius 1 is 1.16 bits per heavy atom. The van der Waals surface area contributed by atoms with Crippen LogP contribution in [0.5, 0.6) is 5.88 Å². The van der Waals surface area contributed by atoms with Crippen LogP contribution in [0.2, 0.25) is 0 Å². The van der Waals surface area contributed by atoms with Gasteiger partial charge in [-0.2, -0.15) is 0 Å². The van der Waals surface area contributed by atoms with Gasteiger partial charge in [-0.25, -0.2) is 13.8 Å². The first-order chi connectivity index (χ1) is 15.4. The lowest BCUT2D eigenvalue weighted by molar-refractivity contribution is -0.123. The van der Waals surface area contributed by atoms with Crippen LogP contribution in [0.4, 0.5) is 8.78 Å². The number of methoxy groups -OCH3 is 1. The fraction of sp³-hybridized carbons (Fsp3) is 0.208. The third kappa shape index (κ3) is 3.79. The molecule has 0 saturated heterocycles. The van der Waals surface area contributed by atoms with Crippen molar-refractivity contribution in [3.05, 3.63) is 94.7 Å². The summed E-state index contributed by atoms with van der Waals surface area (Å²) in [4.78, 5) is 31.9. The number of rotatable bonds is 6. The highest BCUT2D eigenvalue weighted by Crippen LogP contribution is 2.42. The molecule has 1 aliphatic rings. The first-order valence-corrected chi connectivity index (χ1v) is 10.1. The second-order valence-electron chi connectivity index (χ2n) is 7.50. The minimum atomic E-state index is -1.17. The van der Waals surface area contributed by atoms with Crippen molar-refractivity contribution >= 4 is 11.8 Å². The number of nitrogens with zero attached hydrogens (tertiary/aromatic N) is 2. The molecule has 0 fully saturated rings. The van der Waals surface area contributed by atoms with Crippen LogP contribution >= 0.6 is 0 Å². The van der Waals surface area contributed by atoms with Crippen LogP contribution in [0.1, 0.15) is 45.6 Å². The maximum atomic E-state index is 14.4. The predicted molar refractivity (Wildman–Crippen MR) is 113 cm³/mol. The van der Waals surface area contributed by atoms with Crippen molar-refractivity contribution in [3.8, 4) is 5.88 Å². The van der Waals surface area contributed by atoms with Gasteiger partial charge in [0.2, 0.25) is 11.8 Å². The Hall–Kier alpha value is -3.81. The summed E-state index contributed by atoms with van der Waals surface area (Å²) in [6.07, 6.45) is 2.07. The molecule has 2 aromatic carbocycles. The molecule has 2 atom stereocenters. The zero-order valence-corrected chi connectivity index (χ0v) is 17.3. The van der Waals surface area contributed by atoms with Gasteiger partial charge < -0.3 is 15.4 Å². The van der Waals surface area contributed by atoms with E-state index in [4.69, 9.17) is 10.5 Å². The first-order valence-electron chi connectivity index (χ1n) is 10.1. The Labute approximate surface area is 183 Å². The summed E-state index contributed by atoms with van der Waals surface area (Å²) in [5.41, 5.74) is 7.02. The van der Waals surface area contributed by atoms with Crippen molar-refractivity contribution in [2.45, 2.75) is 24.9 Å². The summed E-state index contributed by atoms with van der Waals surface area (Å²) in [6, 6.07) is 11.7. The van der Waals surface area contributed by atoms with Crippen molar-refractivity contribution in [3.63, 3.8) is 0 Å². The van der Waals surface area contributed by atoms with E-state index in [9.17, 15) is 18.4 Å². The fourth-order valence-electron chi connectivity index (χ4n) is 4.30. The number of carbonyl (C=O) groups is 2. The van der Waals surface area contributed by atoms with Crippen LogP contribution in [0.25, 0.3) is 0 Å². The Balaban J connectivity index is 1.91. The molecule has 0 spiro atoms. The monoisotopic (exact) mass is 437 g/mol. The number of pyridine rings is 1. The number of carbonyl (C=O) groups excluding carboxylic acids is 2. The third-order valence-corrected chi connectivity index (χ3v) is 5.65. The number of hydrogen-bond acceptors (Lipinski definition) is 4. The Kier molecular flexibility index (Phi) is 5.85. The summed E-state index contributed by atoms with van der Waals surface area (Å²) < 4.78 is 33.8. The molecular formula is C24H21F2N3O3. The highest BCUT2D eigenvalue weighted by molar-refractivity contribution is 5.99. The number of primary amides is 1. The van der Waals surface area contributed by atoms with E-state index in [1.165, 1.54) is 30.3 Å². The van der Waals surface area contributed by atoms with Crippen molar-refractivity contribution in [2.75, 3.05) is 7.11 Å². The molecular weight excluding hydrogens is 416 g/mol. The molecule has 0 radical (unpaired) electrons. The number of aromatic nitrogens is 1. The smallest absolute Gasteiger partial charge is 0.260 e. The lowest BCUT2D eigenvalue weighted by Crippen LogP contribution is -2.43. The molecule has 1 aromatic heterocycles. The molecule has 0 unspecified atom stereocenters. The Morgan fingerprint density at radius 3 is 2.59 bits per heavy atom. The van der Waals surface area contributed by atoms with Gasteiger partial charge in [-0.05, 0) is 47.7 Å². The maximum absolute atomic E-state index is 14.4. The molecule has 32 heavy (non-hydrogen) atoms. The van der Waals surface area contributed by atoms with Gasteiger partial charge in [-0.15, -0.1) is 0 Å². The van der Waals surface area contributed by atoms with E-state index < -0.39 is 35.5 Å². The van der Waals surface area contributed by atoms with Gasteiger partial charge in [0, 0.05) is 12.3 Å². The molecule has 0 aliphatic heterocycles. The molecule has 0 bridgehead atoms. The average Bonchev–Trinajstić information content (AvgIpc) is 3.20. The second kappa shape index (κ2) is 8.74. The summed E-state index contributed by atoms with van der Waals surface area (Å²) in [7, 11) is 1.38. The van der Waals surface area contributed by atoms with E-state index in [0.717, 1.165) is 6.07 Å². The highest BCUT2D eigenvalue weighted by atomic mass is 19.1. The zero-order chi connectivity index (χ0) is 22.8. The number of nitrogens with two attached hydrogens (primary N) is 1. The quantitative estimate of drug-likeness (QED) is 0.637. The van der Waals surface area contributed by atoms with Crippen LogP contribution in [-0.2, 0) is 11.2 Å². The number of ether oxygens (including phenoxy) is 1. The Bertz CT molecular complexity index is 1170. The molecule has 1 aliphatic carbocycles. The van der Waals surface area contributed by atoms with Crippen molar-refractivity contribution < 1.29 is 23.1 Å². The largest absolute Gasteiger partial charge is 0.480 e. The van der Waals surface area contributed by atoms with Crippen molar-refractivity contribution in [1.82, 2.24) is 9.88 Å². The van der Waals surface area contributed by atoms with Crippen LogP contribution in [0.15, 0.2) is 60.8 Å². The third-order valence-electron chi connectivity index (χ3n) is 5.65. The van der Waals surface area contributed by atoms with Gasteiger partial charge >= 0.3 is 0 Å². The average molecular weight is 437 g/mol.